The number of carbonyl (C=O) groups is 3. The van der Waals surface area contributed by atoms with Crippen molar-refractivity contribution in [2.45, 2.75) is 39.7 Å². The van der Waals surface area contributed by atoms with Crippen molar-refractivity contribution in [3.63, 3.8) is 0 Å². The number of nitrogens with zero attached hydrogens (tertiary/aromatic N) is 3. The molecule has 0 aliphatic carbocycles. The third kappa shape index (κ3) is 5.47. The van der Waals surface area contributed by atoms with Crippen LogP contribution in [0.3, 0.4) is 0 Å². The van der Waals surface area contributed by atoms with Crippen LogP contribution in [0, 0.1) is 5.92 Å². The molecule has 4 amide bonds. The highest BCUT2D eigenvalue weighted by atomic mass is 16.2. The van der Waals surface area contributed by atoms with Crippen LogP contribution in [0.1, 0.15) is 33.6 Å². The second kappa shape index (κ2) is 9.97. The standard InChI is InChI=1S/C20H28N4O3/c1-4-23(5-2)13-9-10-15(3)21-14-17-18(25)22-20(27)24(19(17)26)16-11-7-6-8-12-16/h6-8,11-12,14-15,17H,4-5,9-10,13H2,1-3H3,(H,22,25,27)/t15-,17?/m1/s1. The average Bonchev–Trinajstić information content (AvgIpc) is 2.65. The number of benzene rings is 1. The molecule has 0 aromatic heterocycles. The van der Waals surface area contributed by atoms with Crippen LogP contribution in [0.15, 0.2) is 35.3 Å². The highest BCUT2D eigenvalue weighted by molar-refractivity contribution is 6.32. The van der Waals surface area contributed by atoms with Crippen LogP contribution < -0.4 is 10.2 Å². The van der Waals surface area contributed by atoms with Crippen molar-refractivity contribution in [1.82, 2.24) is 10.2 Å². The molecule has 0 spiro atoms. The van der Waals surface area contributed by atoms with Crippen molar-refractivity contribution in [1.29, 1.82) is 0 Å². The Balaban J connectivity index is 1.99. The predicted molar refractivity (Wildman–Crippen MR) is 106 cm³/mol. The maximum absolute atomic E-state index is 12.7. The van der Waals surface area contributed by atoms with Gasteiger partial charge in [0.25, 0.3) is 5.91 Å². The molecule has 1 N–H and O–H groups in total. The molecular formula is C20H28N4O3. The van der Waals surface area contributed by atoms with E-state index in [4.69, 9.17) is 0 Å². The van der Waals surface area contributed by atoms with E-state index >= 15 is 0 Å². The molecule has 2 rings (SSSR count). The number of aliphatic imine (C=N–C) groups is 1. The van der Waals surface area contributed by atoms with E-state index in [2.05, 4.69) is 29.1 Å². The van der Waals surface area contributed by atoms with Gasteiger partial charge >= 0.3 is 6.03 Å². The van der Waals surface area contributed by atoms with Crippen molar-refractivity contribution >= 4 is 29.7 Å². The molecule has 1 aromatic carbocycles. The Bertz CT molecular complexity index is 686. The molecule has 1 aliphatic rings. The number of para-hydroxylation sites is 1. The van der Waals surface area contributed by atoms with E-state index in [0.717, 1.165) is 37.4 Å². The lowest BCUT2D eigenvalue weighted by Gasteiger charge is -2.28. The van der Waals surface area contributed by atoms with Gasteiger partial charge < -0.3 is 4.90 Å². The van der Waals surface area contributed by atoms with Gasteiger partial charge in [-0.3, -0.25) is 19.9 Å². The minimum absolute atomic E-state index is 0.00367. The molecule has 1 unspecified atom stereocenters. The third-order valence-electron chi connectivity index (χ3n) is 4.70. The lowest BCUT2D eigenvalue weighted by Crippen LogP contribution is -2.58. The van der Waals surface area contributed by atoms with Crippen molar-refractivity contribution in [3.05, 3.63) is 30.3 Å². The van der Waals surface area contributed by atoms with Crippen molar-refractivity contribution < 1.29 is 14.4 Å². The molecule has 0 radical (unpaired) electrons. The first-order valence-corrected chi connectivity index (χ1v) is 9.47. The number of barbiturate groups is 1. The second-order valence-electron chi connectivity index (χ2n) is 6.60. The summed E-state index contributed by atoms with van der Waals surface area (Å²) >= 11 is 0. The topological polar surface area (TPSA) is 82.1 Å². The van der Waals surface area contributed by atoms with Gasteiger partial charge in [0.05, 0.1) is 5.69 Å². The number of imide groups is 2. The Morgan fingerprint density at radius 2 is 1.85 bits per heavy atom. The summed E-state index contributed by atoms with van der Waals surface area (Å²) in [6, 6.07) is 7.83. The Morgan fingerprint density at radius 1 is 1.19 bits per heavy atom. The number of carbonyl (C=O) groups excluding carboxylic acids is 3. The van der Waals surface area contributed by atoms with E-state index < -0.39 is 23.8 Å². The maximum Gasteiger partial charge on any atom is 0.335 e. The molecule has 1 aromatic rings. The van der Waals surface area contributed by atoms with E-state index in [1.54, 1.807) is 30.3 Å². The van der Waals surface area contributed by atoms with Crippen LogP contribution in [0.4, 0.5) is 10.5 Å². The first-order chi connectivity index (χ1) is 13.0. The van der Waals surface area contributed by atoms with Crippen molar-refractivity contribution in [2.24, 2.45) is 10.9 Å². The van der Waals surface area contributed by atoms with E-state index in [-0.39, 0.29) is 6.04 Å². The fourth-order valence-electron chi connectivity index (χ4n) is 3.00. The number of nitrogens with one attached hydrogen (secondary N) is 1. The summed E-state index contributed by atoms with van der Waals surface area (Å²) < 4.78 is 0. The summed E-state index contributed by atoms with van der Waals surface area (Å²) in [4.78, 5) is 44.6. The largest absolute Gasteiger partial charge is 0.335 e. The van der Waals surface area contributed by atoms with Gasteiger partial charge in [0, 0.05) is 12.3 Å². The Labute approximate surface area is 160 Å². The molecule has 1 aliphatic heterocycles. The van der Waals surface area contributed by atoms with Crippen LogP contribution in [-0.4, -0.2) is 54.6 Å². The highest BCUT2D eigenvalue weighted by Gasteiger charge is 2.40. The lowest BCUT2D eigenvalue weighted by molar-refractivity contribution is -0.131. The second-order valence-corrected chi connectivity index (χ2v) is 6.60. The summed E-state index contributed by atoms with van der Waals surface area (Å²) in [5.74, 6) is -2.29. The zero-order valence-electron chi connectivity index (χ0n) is 16.2. The van der Waals surface area contributed by atoms with Crippen molar-refractivity contribution in [3.8, 4) is 0 Å². The molecule has 7 nitrogen and oxygen atoms in total. The number of amides is 4. The molecular weight excluding hydrogens is 344 g/mol. The van der Waals surface area contributed by atoms with Gasteiger partial charge in [-0.15, -0.1) is 0 Å². The van der Waals surface area contributed by atoms with Gasteiger partial charge in [-0.25, -0.2) is 9.69 Å². The smallest absolute Gasteiger partial charge is 0.304 e. The molecule has 27 heavy (non-hydrogen) atoms. The first kappa shape index (κ1) is 20.8. The Hall–Kier alpha value is -2.54. The van der Waals surface area contributed by atoms with Gasteiger partial charge in [0.15, 0.2) is 5.92 Å². The molecule has 1 heterocycles. The SMILES string of the molecule is CCN(CC)CCC[C@@H](C)N=CC1C(=O)NC(=O)N(c2ccccc2)C1=O. The van der Waals surface area contributed by atoms with Crippen LogP contribution in [0.25, 0.3) is 0 Å². The molecule has 1 fully saturated rings. The lowest BCUT2D eigenvalue weighted by atomic mass is 10.1. The Kier molecular flexibility index (Phi) is 7.67. The molecule has 7 heteroatoms. The van der Waals surface area contributed by atoms with Crippen LogP contribution in [0.5, 0.6) is 0 Å². The van der Waals surface area contributed by atoms with Crippen LogP contribution in [0.2, 0.25) is 0 Å². The Morgan fingerprint density at radius 3 is 2.48 bits per heavy atom. The summed E-state index contributed by atoms with van der Waals surface area (Å²) in [6.07, 6.45) is 3.25. The average molecular weight is 372 g/mol. The quantitative estimate of drug-likeness (QED) is 0.533. The number of rotatable bonds is 9. The normalized spacial score (nSPS) is 19.0. The molecule has 1 saturated heterocycles. The summed E-state index contributed by atoms with van der Waals surface area (Å²) in [5.41, 5.74) is 0.429. The fraction of sp³-hybridized carbons (Fsp3) is 0.500. The summed E-state index contributed by atoms with van der Waals surface area (Å²) in [5, 5.41) is 2.23. The fourth-order valence-corrected chi connectivity index (χ4v) is 3.00. The van der Waals surface area contributed by atoms with Crippen LogP contribution in [-0.2, 0) is 9.59 Å². The van der Waals surface area contributed by atoms with E-state index in [1.807, 2.05) is 6.92 Å². The maximum atomic E-state index is 12.7. The van der Waals surface area contributed by atoms with Gasteiger partial charge in [-0.1, -0.05) is 32.0 Å². The minimum Gasteiger partial charge on any atom is -0.304 e. The minimum atomic E-state index is -1.09. The van der Waals surface area contributed by atoms with E-state index in [9.17, 15) is 14.4 Å². The molecule has 0 saturated carbocycles. The predicted octanol–water partition coefficient (Wildman–Crippen LogP) is 2.47. The third-order valence-corrected chi connectivity index (χ3v) is 4.70. The van der Waals surface area contributed by atoms with Crippen molar-refractivity contribution in [2.75, 3.05) is 24.5 Å². The van der Waals surface area contributed by atoms with E-state index in [0.29, 0.717) is 5.69 Å². The number of hydrogen-bond acceptors (Lipinski definition) is 5. The number of urea groups is 1. The van der Waals surface area contributed by atoms with Crippen LogP contribution >= 0.6 is 0 Å². The summed E-state index contributed by atoms with van der Waals surface area (Å²) in [6.45, 7) is 9.29. The van der Waals surface area contributed by atoms with E-state index in [1.165, 1.54) is 6.21 Å². The van der Waals surface area contributed by atoms with Gasteiger partial charge in [-0.2, -0.15) is 0 Å². The molecule has 146 valence electrons. The monoisotopic (exact) mass is 372 g/mol. The van der Waals surface area contributed by atoms with Gasteiger partial charge in [-0.05, 0) is 51.5 Å². The number of hydrogen-bond donors (Lipinski definition) is 1. The zero-order valence-corrected chi connectivity index (χ0v) is 16.2. The molecule has 2 atom stereocenters. The van der Waals surface area contributed by atoms with Gasteiger partial charge in [0.1, 0.15) is 0 Å². The zero-order chi connectivity index (χ0) is 19.8. The summed E-state index contributed by atoms with van der Waals surface area (Å²) in [7, 11) is 0. The first-order valence-electron chi connectivity index (χ1n) is 9.47. The number of anilines is 1. The van der Waals surface area contributed by atoms with Gasteiger partial charge in [0.2, 0.25) is 5.91 Å². The highest BCUT2D eigenvalue weighted by Crippen LogP contribution is 2.19. The molecule has 0 bridgehead atoms.